The van der Waals surface area contributed by atoms with Gasteiger partial charge in [-0.05, 0) is 33.0 Å². The van der Waals surface area contributed by atoms with E-state index in [2.05, 4.69) is 16.2 Å². The number of carbonyl (C=O) groups is 1. The summed E-state index contributed by atoms with van der Waals surface area (Å²) in [6.07, 6.45) is 0. The maximum Gasteiger partial charge on any atom is 0.235 e. The van der Waals surface area contributed by atoms with Crippen molar-refractivity contribution in [3.05, 3.63) is 0 Å². The molecule has 0 aliphatic carbocycles. The van der Waals surface area contributed by atoms with E-state index in [1.165, 1.54) is 6.92 Å². The lowest BCUT2D eigenvalue weighted by Gasteiger charge is -2.22. The number of thiocarbonyl (C=S) groups is 1. The summed E-state index contributed by atoms with van der Waals surface area (Å²) in [6.45, 7) is 7.35. The fraction of sp³-hybridized carbons (Fsp3) is 0.714. The Morgan fingerprint density at radius 1 is 1.25 bits per heavy atom. The summed E-state index contributed by atoms with van der Waals surface area (Å²) in [4.78, 5) is 10.5. The molecule has 0 bridgehead atoms. The minimum atomic E-state index is -0.173. The molecule has 0 saturated carbocycles. The van der Waals surface area contributed by atoms with Crippen molar-refractivity contribution in [1.29, 1.82) is 0 Å². The molecule has 0 heterocycles. The molecule has 0 unspecified atom stereocenters. The van der Waals surface area contributed by atoms with Crippen LogP contribution in [0, 0.1) is 0 Å². The largest absolute Gasteiger partial charge is 0.357 e. The van der Waals surface area contributed by atoms with Gasteiger partial charge >= 0.3 is 0 Å². The minimum absolute atomic E-state index is 0.0947. The van der Waals surface area contributed by atoms with Crippen LogP contribution in [0.15, 0.2) is 0 Å². The number of carbonyl (C=O) groups excluding carboxylic acids is 1. The van der Waals surface area contributed by atoms with Crippen LogP contribution < -0.4 is 16.2 Å². The SMILES string of the molecule is CC(=O)NNC(=S)NC(C)(C)C. The summed E-state index contributed by atoms with van der Waals surface area (Å²) in [5.41, 5.74) is 4.84. The molecule has 0 atom stereocenters. The molecule has 1 amide bonds. The Bertz CT molecular complexity index is 186. The van der Waals surface area contributed by atoms with Crippen molar-refractivity contribution in [1.82, 2.24) is 16.2 Å². The van der Waals surface area contributed by atoms with Crippen molar-refractivity contribution in [2.24, 2.45) is 0 Å². The number of hydrazine groups is 1. The lowest BCUT2D eigenvalue weighted by Crippen LogP contribution is -2.51. The Hall–Kier alpha value is -0.840. The van der Waals surface area contributed by atoms with Gasteiger partial charge in [-0.3, -0.25) is 15.6 Å². The van der Waals surface area contributed by atoms with Crippen LogP contribution in [0.5, 0.6) is 0 Å². The zero-order chi connectivity index (χ0) is 9.78. The fourth-order valence-electron chi connectivity index (χ4n) is 0.517. The fourth-order valence-corrected chi connectivity index (χ4v) is 0.874. The second-order valence-corrected chi connectivity index (χ2v) is 3.92. The highest BCUT2D eigenvalue weighted by Gasteiger charge is 2.10. The second kappa shape index (κ2) is 4.25. The molecule has 3 N–H and O–H groups in total. The van der Waals surface area contributed by atoms with E-state index in [4.69, 9.17) is 12.2 Å². The molecule has 0 aliphatic rings. The lowest BCUT2D eigenvalue weighted by molar-refractivity contribution is -0.119. The van der Waals surface area contributed by atoms with Crippen molar-refractivity contribution in [3.63, 3.8) is 0 Å². The topological polar surface area (TPSA) is 53.2 Å². The molecule has 0 aliphatic heterocycles. The van der Waals surface area contributed by atoms with E-state index in [1.54, 1.807) is 0 Å². The van der Waals surface area contributed by atoms with Crippen LogP contribution in [0.3, 0.4) is 0 Å². The van der Waals surface area contributed by atoms with E-state index in [1.807, 2.05) is 20.8 Å². The van der Waals surface area contributed by atoms with Crippen molar-refractivity contribution < 1.29 is 4.79 Å². The first kappa shape index (κ1) is 11.2. The van der Waals surface area contributed by atoms with E-state index in [9.17, 15) is 4.79 Å². The third kappa shape index (κ3) is 7.27. The van der Waals surface area contributed by atoms with Gasteiger partial charge in [0.1, 0.15) is 0 Å². The van der Waals surface area contributed by atoms with Gasteiger partial charge in [-0.2, -0.15) is 0 Å². The summed E-state index contributed by atoms with van der Waals surface area (Å²) in [5.74, 6) is -0.173. The summed E-state index contributed by atoms with van der Waals surface area (Å²) in [7, 11) is 0. The van der Waals surface area contributed by atoms with Crippen molar-refractivity contribution in [3.8, 4) is 0 Å². The average Bonchev–Trinajstić information content (AvgIpc) is 1.79. The molecule has 12 heavy (non-hydrogen) atoms. The van der Waals surface area contributed by atoms with Crippen LogP contribution in [0.1, 0.15) is 27.7 Å². The van der Waals surface area contributed by atoms with Crippen molar-refractivity contribution >= 4 is 23.2 Å². The number of amides is 1. The quantitative estimate of drug-likeness (QED) is 0.379. The van der Waals surface area contributed by atoms with Gasteiger partial charge in [-0.15, -0.1) is 0 Å². The molecule has 4 nitrogen and oxygen atoms in total. The Labute approximate surface area is 78.1 Å². The van der Waals surface area contributed by atoms with Gasteiger partial charge in [-0.1, -0.05) is 0 Å². The Morgan fingerprint density at radius 2 is 1.75 bits per heavy atom. The van der Waals surface area contributed by atoms with E-state index in [0.29, 0.717) is 5.11 Å². The van der Waals surface area contributed by atoms with Crippen molar-refractivity contribution in [2.45, 2.75) is 33.2 Å². The first-order chi connectivity index (χ1) is 5.31. The number of hydrogen-bond acceptors (Lipinski definition) is 2. The van der Waals surface area contributed by atoms with Crippen LogP contribution >= 0.6 is 12.2 Å². The van der Waals surface area contributed by atoms with Crippen LogP contribution in [-0.2, 0) is 4.79 Å². The van der Waals surface area contributed by atoms with Gasteiger partial charge in [0.2, 0.25) is 5.91 Å². The molecule has 5 heteroatoms. The summed E-state index contributed by atoms with van der Waals surface area (Å²) in [6, 6.07) is 0. The molecule has 0 saturated heterocycles. The Morgan fingerprint density at radius 3 is 2.08 bits per heavy atom. The molecule has 0 spiro atoms. The monoisotopic (exact) mass is 189 g/mol. The van der Waals surface area contributed by atoms with E-state index < -0.39 is 0 Å². The highest BCUT2D eigenvalue weighted by atomic mass is 32.1. The maximum atomic E-state index is 10.5. The molecule has 0 aromatic heterocycles. The zero-order valence-corrected chi connectivity index (χ0v) is 8.63. The minimum Gasteiger partial charge on any atom is -0.357 e. The maximum absolute atomic E-state index is 10.5. The highest BCUT2D eigenvalue weighted by molar-refractivity contribution is 7.80. The average molecular weight is 189 g/mol. The predicted octanol–water partition coefficient (Wildman–Crippen LogP) is 0.300. The first-order valence-corrected chi connectivity index (χ1v) is 4.07. The smallest absolute Gasteiger partial charge is 0.235 e. The molecule has 0 fully saturated rings. The van der Waals surface area contributed by atoms with Crippen LogP contribution in [0.4, 0.5) is 0 Å². The van der Waals surface area contributed by atoms with E-state index in [-0.39, 0.29) is 11.4 Å². The zero-order valence-electron chi connectivity index (χ0n) is 7.82. The van der Waals surface area contributed by atoms with Gasteiger partial charge < -0.3 is 5.32 Å². The molecule has 0 aromatic rings. The summed E-state index contributed by atoms with van der Waals surface area (Å²) >= 11 is 4.88. The van der Waals surface area contributed by atoms with Gasteiger partial charge in [0.15, 0.2) is 5.11 Å². The molecule has 0 rings (SSSR count). The second-order valence-electron chi connectivity index (χ2n) is 3.51. The van der Waals surface area contributed by atoms with E-state index >= 15 is 0 Å². The Kier molecular flexibility index (Phi) is 3.95. The van der Waals surface area contributed by atoms with Gasteiger partial charge in [-0.25, -0.2) is 0 Å². The Balaban J connectivity index is 3.68. The molecular weight excluding hydrogens is 174 g/mol. The number of hydrogen-bond donors (Lipinski definition) is 3. The third-order valence-corrected chi connectivity index (χ3v) is 1.04. The summed E-state index contributed by atoms with van der Waals surface area (Å²) < 4.78 is 0. The van der Waals surface area contributed by atoms with Gasteiger partial charge in [0.25, 0.3) is 0 Å². The first-order valence-electron chi connectivity index (χ1n) is 3.66. The molecule has 0 radical (unpaired) electrons. The molecular formula is C7H15N3OS. The van der Waals surface area contributed by atoms with Crippen LogP contribution in [0.2, 0.25) is 0 Å². The predicted molar refractivity (Wildman–Crippen MR) is 52.4 cm³/mol. The van der Waals surface area contributed by atoms with Crippen LogP contribution in [-0.4, -0.2) is 16.6 Å². The van der Waals surface area contributed by atoms with Gasteiger partial charge in [0, 0.05) is 12.5 Å². The van der Waals surface area contributed by atoms with Crippen LogP contribution in [0.25, 0.3) is 0 Å². The van der Waals surface area contributed by atoms with E-state index in [0.717, 1.165) is 0 Å². The normalized spacial score (nSPS) is 10.3. The number of nitrogens with one attached hydrogen (secondary N) is 3. The lowest BCUT2D eigenvalue weighted by atomic mass is 10.1. The molecule has 0 aromatic carbocycles. The molecule has 70 valence electrons. The third-order valence-electron chi connectivity index (χ3n) is 0.841. The standard InChI is InChI=1S/C7H15N3OS/c1-5(11)9-10-6(12)8-7(2,3)4/h1-4H3,(H,9,11)(H2,8,10,12). The number of rotatable bonds is 0. The van der Waals surface area contributed by atoms with Crippen molar-refractivity contribution in [2.75, 3.05) is 0 Å². The van der Waals surface area contributed by atoms with Gasteiger partial charge in [0.05, 0.1) is 0 Å². The highest BCUT2D eigenvalue weighted by Crippen LogP contribution is 1.96. The summed E-state index contributed by atoms with van der Waals surface area (Å²) in [5, 5.41) is 3.39.